The van der Waals surface area contributed by atoms with E-state index in [0.29, 0.717) is 17.4 Å². The molecule has 8 heteroatoms. The Bertz CT molecular complexity index is 811. The van der Waals surface area contributed by atoms with Gasteiger partial charge in [0.25, 0.3) is 0 Å². The van der Waals surface area contributed by atoms with E-state index in [-0.39, 0.29) is 12.3 Å². The molecule has 0 radical (unpaired) electrons. The molecule has 0 saturated heterocycles. The summed E-state index contributed by atoms with van der Waals surface area (Å²) in [6.45, 7) is 2.38. The first-order chi connectivity index (χ1) is 10.7. The molecule has 0 aliphatic rings. The maximum Gasteiger partial charge on any atom is 0.232 e. The van der Waals surface area contributed by atoms with Gasteiger partial charge in [-0.2, -0.15) is 0 Å². The van der Waals surface area contributed by atoms with Gasteiger partial charge in [0, 0.05) is 19.5 Å². The van der Waals surface area contributed by atoms with Crippen molar-refractivity contribution < 1.29 is 9.53 Å². The molecule has 0 fully saturated rings. The minimum Gasteiger partial charge on any atom is -0.377 e. The molecule has 0 atom stereocenters. The van der Waals surface area contributed by atoms with E-state index in [4.69, 9.17) is 4.74 Å². The lowest BCUT2D eigenvalue weighted by atomic mass is 10.3. The van der Waals surface area contributed by atoms with Crippen molar-refractivity contribution in [3.05, 3.63) is 40.8 Å². The van der Waals surface area contributed by atoms with Gasteiger partial charge in [-0.05, 0) is 18.6 Å². The Morgan fingerprint density at radius 2 is 2.32 bits per heavy atom. The van der Waals surface area contributed by atoms with Gasteiger partial charge >= 0.3 is 0 Å². The number of anilines is 1. The molecule has 0 saturated carbocycles. The molecule has 0 spiro atoms. The number of methoxy groups -OCH3 is 1. The topological polar surface area (TPSA) is 81.4 Å². The van der Waals surface area contributed by atoms with Crippen molar-refractivity contribution in [3.63, 3.8) is 0 Å². The number of pyridine rings is 1. The Balaban J connectivity index is 1.68. The van der Waals surface area contributed by atoms with E-state index in [1.54, 1.807) is 7.11 Å². The third-order valence-corrected chi connectivity index (χ3v) is 3.86. The monoisotopic (exact) mass is 317 g/mol. The predicted octanol–water partition coefficient (Wildman–Crippen LogP) is 1.82. The fourth-order valence-corrected chi connectivity index (χ4v) is 2.83. The van der Waals surface area contributed by atoms with Crippen molar-refractivity contribution >= 4 is 28.0 Å². The molecule has 0 aliphatic heterocycles. The molecule has 3 aromatic rings. The van der Waals surface area contributed by atoms with Crippen LogP contribution >= 0.6 is 11.3 Å². The largest absolute Gasteiger partial charge is 0.377 e. The van der Waals surface area contributed by atoms with E-state index in [1.165, 1.54) is 11.3 Å². The molecule has 3 aromatic heterocycles. The zero-order valence-electron chi connectivity index (χ0n) is 12.2. The standard InChI is InChI=1S/C14H15N5O2S/c1-9-4-3-5-19-7-10(15-13(9)19)6-11(20)16-14-18-17-12(22-14)8-21-2/h3-5,7H,6,8H2,1-2H3,(H,16,18,20). The first-order valence-electron chi connectivity index (χ1n) is 6.70. The molecular weight excluding hydrogens is 302 g/mol. The SMILES string of the molecule is COCc1nnc(NC(=O)Cc2cn3cccc(C)c3n2)s1. The van der Waals surface area contributed by atoms with E-state index in [9.17, 15) is 4.79 Å². The first-order valence-corrected chi connectivity index (χ1v) is 7.51. The third-order valence-electron chi connectivity index (χ3n) is 3.05. The van der Waals surface area contributed by atoms with Gasteiger partial charge in [0.2, 0.25) is 11.0 Å². The van der Waals surface area contributed by atoms with Crippen molar-refractivity contribution in [2.24, 2.45) is 0 Å². The van der Waals surface area contributed by atoms with Crippen LogP contribution in [0.2, 0.25) is 0 Å². The summed E-state index contributed by atoms with van der Waals surface area (Å²) in [5.41, 5.74) is 2.65. The maximum absolute atomic E-state index is 12.1. The van der Waals surface area contributed by atoms with Crippen LogP contribution < -0.4 is 5.32 Å². The number of nitrogens with zero attached hydrogens (tertiary/aromatic N) is 4. The molecule has 0 bridgehead atoms. The Morgan fingerprint density at radius 3 is 3.09 bits per heavy atom. The molecule has 0 aromatic carbocycles. The van der Waals surface area contributed by atoms with Gasteiger partial charge in [0.15, 0.2) is 0 Å². The molecule has 0 aliphatic carbocycles. The highest BCUT2D eigenvalue weighted by atomic mass is 32.1. The number of hydrogen-bond acceptors (Lipinski definition) is 6. The summed E-state index contributed by atoms with van der Waals surface area (Å²) in [5, 5.41) is 11.7. The number of ether oxygens (including phenoxy) is 1. The number of fused-ring (bicyclic) bond motifs is 1. The minimum absolute atomic E-state index is 0.166. The Labute approximate surface area is 131 Å². The lowest BCUT2D eigenvalue weighted by Gasteiger charge is -1.97. The van der Waals surface area contributed by atoms with E-state index in [1.807, 2.05) is 35.9 Å². The van der Waals surface area contributed by atoms with Crippen LogP contribution in [0.15, 0.2) is 24.5 Å². The lowest BCUT2D eigenvalue weighted by Crippen LogP contribution is -2.14. The first kappa shape index (κ1) is 14.6. The van der Waals surface area contributed by atoms with Gasteiger partial charge in [-0.3, -0.25) is 4.79 Å². The summed E-state index contributed by atoms with van der Waals surface area (Å²) in [6.07, 6.45) is 3.97. The normalized spacial score (nSPS) is 11.0. The number of aryl methyl sites for hydroxylation is 1. The summed E-state index contributed by atoms with van der Waals surface area (Å²) in [7, 11) is 1.59. The average Bonchev–Trinajstić information content (AvgIpc) is 3.06. The minimum atomic E-state index is -0.166. The number of amides is 1. The zero-order valence-corrected chi connectivity index (χ0v) is 13.1. The van der Waals surface area contributed by atoms with E-state index >= 15 is 0 Å². The van der Waals surface area contributed by atoms with Crippen molar-refractivity contribution in [3.8, 4) is 0 Å². The summed E-state index contributed by atoms with van der Waals surface area (Å²) < 4.78 is 6.89. The Kier molecular flexibility index (Phi) is 4.12. The second kappa shape index (κ2) is 6.20. The van der Waals surface area contributed by atoms with E-state index in [2.05, 4.69) is 20.5 Å². The Morgan fingerprint density at radius 1 is 1.45 bits per heavy atom. The fourth-order valence-electron chi connectivity index (χ4n) is 2.10. The highest BCUT2D eigenvalue weighted by Gasteiger charge is 2.11. The van der Waals surface area contributed by atoms with Crippen LogP contribution in [0, 0.1) is 6.92 Å². The van der Waals surface area contributed by atoms with Crippen LogP contribution in [0.5, 0.6) is 0 Å². The van der Waals surface area contributed by atoms with Crippen LogP contribution in [-0.2, 0) is 22.6 Å². The maximum atomic E-state index is 12.1. The van der Waals surface area contributed by atoms with Crippen LogP contribution in [-0.4, -0.2) is 32.6 Å². The zero-order chi connectivity index (χ0) is 15.5. The van der Waals surface area contributed by atoms with Gasteiger partial charge in [0.1, 0.15) is 17.3 Å². The van der Waals surface area contributed by atoms with Crippen molar-refractivity contribution in [1.82, 2.24) is 19.6 Å². The van der Waals surface area contributed by atoms with Gasteiger partial charge in [-0.25, -0.2) is 4.98 Å². The van der Waals surface area contributed by atoms with Crippen molar-refractivity contribution in [2.45, 2.75) is 20.0 Å². The summed E-state index contributed by atoms with van der Waals surface area (Å²) >= 11 is 1.30. The quantitative estimate of drug-likeness (QED) is 0.776. The van der Waals surface area contributed by atoms with Crippen LogP contribution in [0.4, 0.5) is 5.13 Å². The van der Waals surface area contributed by atoms with Gasteiger partial charge < -0.3 is 14.5 Å². The molecule has 1 N–H and O–H groups in total. The van der Waals surface area contributed by atoms with Gasteiger partial charge in [-0.15, -0.1) is 10.2 Å². The fraction of sp³-hybridized carbons (Fsp3) is 0.286. The van der Waals surface area contributed by atoms with Crippen molar-refractivity contribution in [2.75, 3.05) is 12.4 Å². The van der Waals surface area contributed by atoms with Crippen LogP contribution in [0.25, 0.3) is 5.65 Å². The van der Waals surface area contributed by atoms with Crippen LogP contribution in [0.3, 0.4) is 0 Å². The van der Waals surface area contributed by atoms with E-state index < -0.39 is 0 Å². The number of rotatable bonds is 5. The predicted molar refractivity (Wildman–Crippen MR) is 82.9 cm³/mol. The average molecular weight is 317 g/mol. The molecule has 1 amide bonds. The molecule has 0 unspecified atom stereocenters. The number of aromatic nitrogens is 4. The van der Waals surface area contributed by atoms with Gasteiger partial charge in [-0.1, -0.05) is 17.4 Å². The number of carbonyl (C=O) groups excluding carboxylic acids is 1. The smallest absolute Gasteiger partial charge is 0.232 e. The highest BCUT2D eigenvalue weighted by molar-refractivity contribution is 7.15. The highest BCUT2D eigenvalue weighted by Crippen LogP contribution is 2.16. The molecule has 3 heterocycles. The number of nitrogens with one attached hydrogen (secondary N) is 1. The second-order valence-electron chi connectivity index (χ2n) is 4.81. The van der Waals surface area contributed by atoms with Crippen molar-refractivity contribution in [1.29, 1.82) is 0 Å². The lowest BCUT2D eigenvalue weighted by molar-refractivity contribution is -0.115. The number of imidazole rings is 1. The summed E-state index contributed by atoms with van der Waals surface area (Å²) in [4.78, 5) is 16.5. The molecular formula is C14H15N5O2S. The molecule has 114 valence electrons. The third kappa shape index (κ3) is 3.12. The number of hydrogen-bond donors (Lipinski definition) is 1. The Hall–Kier alpha value is -2.32. The van der Waals surface area contributed by atoms with Crippen LogP contribution in [0.1, 0.15) is 16.3 Å². The molecule has 22 heavy (non-hydrogen) atoms. The second-order valence-corrected chi connectivity index (χ2v) is 5.88. The summed E-state index contributed by atoms with van der Waals surface area (Å²) in [6, 6.07) is 3.94. The summed E-state index contributed by atoms with van der Waals surface area (Å²) in [5.74, 6) is -0.166. The van der Waals surface area contributed by atoms with Gasteiger partial charge in [0.05, 0.1) is 12.1 Å². The molecule has 7 nitrogen and oxygen atoms in total. The van der Waals surface area contributed by atoms with E-state index in [0.717, 1.165) is 16.2 Å². The number of carbonyl (C=O) groups is 1. The molecule has 3 rings (SSSR count).